The third-order valence-electron chi connectivity index (χ3n) is 11.5. The third-order valence-corrected chi connectivity index (χ3v) is 11.5. The van der Waals surface area contributed by atoms with Crippen LogP contribution in [-0.4, -0.2) is 19.5 Å². The molecule has 0 unspecified atom stereocenters. The zero-order chi connectivity index (χ0) is 40.5. The lowest BCUT2D eigenvalue weighted by atomic mass is 9.96. The number of nitrogens with zero attached hydrogens (tertiary/aromatic N) is 4. The van der Waals surface area contributed by atoms with Gasteiger partial charge in [-0.3, -0.25) is 0 Å². The van der Waals surface area contributed by atoms with Gasteiger partial charge in [0.25, 0.3) is 0 Å². The van der Waals surface area contributed by atoms with Crippen LogP contribution >= 0.6 is 0 Å². The number of para-hydroxylation sites is 2. The molecule has 0 atom stereocenters. The second-order valence-electron chi connectivity index (χ2n) is 15.2. The van der Waals surface area contributed by atoms with Gasteiger partial charge in [-0.2, -0.15) is 0 Å². The van der Waals surface area contributed by atoms with Crippen LogP contribution in [0.2, 0.25) is 0 Å². The van der Waals surface area contributed by atoms with Crippen LogP contribution < -0.4 is 0 Å². The SMILES string of the molecule is c1ccc(-c2ccc(-c3cccc(-c4nc(-c5ccccc5)nc(-c5ccc(-c6cccc(-c7ccccc7)c6)c(-n6c7ccccc7c7ccccc76)c5)n4)c3)cc2)cc1. The van der Waals surface area contributed by atoms with Crippen LogP contribution in [0.25, 0.3) is 106 Å². The fourth-order valence-corrected chi connectivity index (χ4v) is 8.45. The summed E-state index contributed by atoms with van der Waals surface area (Å²) in [4.78, 5) is 15.6. The summed E-state index contributed by atoms with van der Waals surface area (Å²) in [5.74, 6) is 1.84. The number of hydrogen-bond donors (Lipinski definition) is 0. The van der Waals surface area contributed by atoms with Gasteiger partial charge in [0, 0.05) is 33.0 Å². The van der Waals surface area contributed by atoms with Gasteiger partial charge in [-0.1, -0.05) is 200 Å². The van der Waals surface area contributed by atoms with Crippen molar-refractivity contribution in [2.45, 2.75) is 0 Å². The molecular formula is C57H38N4. The van der Waals surface area contributed by atoms with Gasteiger partial charge in [0.1, 0.15) is 0 Å². The van der Waals surface area contributed by atoms with Crippen LogP contribution in [0.3, 0.4) is 0 Å². The first-order valence-corrected chi connectivity index (χ1v) is 20.6. The molecule has 0 amide bonds. The summed E-state index contributed by atoms with van der Waals surface area (Å²) in [5, 5.41) is 2.41. The highest BCUT2D eigenvalue weighted by Crippen LogP contribution is 2.39. The highest BCUT2D eigenvalue weighted by Gasteiger charge is 2.19. The van der Waals surface area contributed by atoms with E-state index >= 15 is 0 Å². The van der Waals surface area contributed by atoms with Crippen molar-refractivity contribution in [3.8, 4) is 84.4 Å². The Morgan fingerprint density at radius 1 is 0.246 bits per heavy atom. The van der Waals surface area contributed by atoms with Crippen LogP contribution in [0.4, 0.5) is 0 Å². The molecule has 0 spiro atoms. The molecule has 61 heavy (non-hydrogen) atoms. The molecule has 286 valence electrons. The zero-order valence-corrected chi connectivity index (χ0v) is 33.2. The van der Waals surface area contributed by atoms with Gasteiger partial charge < -0.3 is 4.57 Å². The molecule has 11 aromatic rings. The Morgan fingerprint density at radius 3 is 1.18 bits per heavy atom. The lowest BCUT2D eigenvalue weighted by Gasteiger charge is -2.17. The maximum Gasteiger partial charge on any atom is 0.164 e. The zero-order valence-electron chi connectivity index (χ0n) is 33.2. The quantitative estimate of drug-likeness (QED) is 0.154. The molecule has 9 aromatic carbocycles. The summed E-state index contributed by atoms with van der Waals surface area (Å²) in [7, 11) is 0. The van der Waals surface area contributed by atoms with Gasteiger partial charge in [0.05, 0.1) is 16.7 Å². The largest absolute Gasteiger partial charge is 0.309 e. The van der Waals surface area contributed by atoms with Gasteiger partial charge in [0.15, 0.2) is 17.5 Å². The van der Waals surface area contributed by atoms with Crippen LogP contribution in [0, 0.1) is 0 Å². The fraction of sp³-hybridized carbons (Fsp3) is 0. The Morgan fingerprint density at radius 2 is 0.607 bits per heavy atom. The van der Waals surface area contributed by atoms with E-state index in [1.807, 2.05) is 24.3 Å². The smallest absolute Gasteiger partial charge is 0.164 e. The molecule has 0 saturated carbocycles. The predicted octanol–water partition coefficient (Wildman–Crippen LogP) is 14.6. The molecule has 0 aliphatic heterocycles. The topological polar surface area (TPSA) is 43.6 Å². The van der Waals surface area contributed by atoms with E-state index in [9.17, 15) is 0 Å². The Labute approximate surface area is 354 Å². The summed E-state index contributed by atoms with van der Waals surface area (Å²) in [5.41, 5.74) is 15.2. The summed E-state index contributed by atoms with van der Waals surface area (Å²) >= 11 is 0. The van der Waals surface area contributed by atoms with E-state index in [0.717, 1.165) is 55.7 Å². The maximum atomic E-state index is 5.26. The van der Waals surface area contributed by atoms with Crippen molar-refractivity contribution in [3.63, 3.8) is 0 Å². The highest BCUT2D eigenvalue weighted by atomic mass is 15.0. The number of benzene rings is 9. The molecule has 0 bridgehead atoms. The number of rotatable bonds is 8. The molecule has 0 aliphatic carbocycles. The van der Waals surface area contributed by atoms with Crippen molar-refractivity contribution < 1.29 is 0 Å². The molecule has 0 saturated heterocycles. The minimum Gasteiger partial charge on any atom is -0.309 e. The Kier molecular flexibility index (Phi) is 9.14. The Balaban J connectivity index is 1.09. The Bertz CT molecular complexity index is 3280. The normalized spacial score (nSPS) is 11.3. The van der Waals surface area contributed by atoms with Crippen molar-refractivity contribution in [1.82, 2.24) is 19.5 Å². The van der Waals surface area contributed by atoms with Gasteiger partial charge in [-0.05, 0) is 69.3 Å². The van der Waals surface area contributed by atoms with Crippen molar-refractivity contribution >= 4 is 21.8 Å². The van der Waals surface area contributed by atoms with E-state index in [0.29, 0.717) is 17.5 Å². The first-order chi connectivity index (χ1) is 30.2. The monoisotopic (exact) mass is 778 g/mol. The third kappa shape index (κ3) is 6.86. The van der Waals surface area contributed by atoms with E-state index in [4.69, 9.17) is 15.0 Å². The lowest BCUT2D eigenvalue weighted by molar-refractivity contribution is 1.07. The highest BCUT2D eigenvalue weighted by molar-refractivity contribution is 6.10. The van der Waals surface area contributed by atoms with Gasteiger partial charge >= 0.3 is 0 Å². The van der Waals surface area contributed by atoms with Crippen molar-refractivity contribution in [2.75, 3.05) is 0 Å². The minimum atomic E-state index is 0.605. The van der Waals surface area contributed by atoms with Crippen molar-refractivity contribution in [3.05, 3.63) is 231 Å². The van der Waals surface area contributed by atoms with Crippen LogP contribution in [0.5, 0.6) is 0 Å². The molecule has 0 fully saturated rings. The van der Waals surface area contributed by atoms with Crippen molar-refractivity contribution in [2.24, 2.45) is 0 Å². The molecule has 2 heterocycles. The van der Waals surface area contributed by atoms with Crippen LogP contribution in [-0.2, 0) is 0 Å². The summed E-state index contributed by atoms with van der Waals surface area (Å²) in [6.45, 7) is 0. The molecule has 4 heteroatoms. The van der Waals surface area contributed by atoms with E-state index in [1.54, 1.807) is 0 Å². The molecule has 4 nitrogen and oxygen atoms in total. The van der Waals surface area contributed by atoms with Gasteiger partial charge in [-0.25, -0.2) is 15.0 Å². The first kappa shape index (κ1) is 35.9. The summed E-state index contributed by atoms with van der Waals surface area (Å²) in [6.07, 6.45) is 0. The predicted molar refractivity (Wildman–Crippen MR) is 252 cm³/mol. The lowest BCUT2D eigenvalue weighted by Crippen LogP contribution is -2.02. The summed E-state index contributed by atoms with van der Waals surface area (Å²) in [6, 6.07) is 81.2. The van der Waals surface area contributed by atoms with Crippen LogP contribution in [0.1, 0.15) is 0 Å². The first-order valence-electron chi connectivity index (χ1n) is 20.6. The van der Waals surface area contributed by atoms with E-state index in [1.165, 1.54) is 33.0 Å². The molecule has 0 aliphatic rings. The van der Waals surface area contributed by atoms with Crippen molar-refractivity contribution in [1.29, 1.82) is 0 Å². The molecular weight excluding hydrogens is 741 g/mol. The molecule has 0 N–H and O–H groups in total. The average molecular weight is 779 g/mol. The second kappa shape index (κ2) is 15.5. The minimum absolute atomic E-state index is 0.605. The standard InChI is InChI=1S/C57H38N4/c1-4-16-39(17-5-1)41-30-32-42(33-31-41)45-23-15-25-47(37-45)56-58-55(43-20-8-3-9-21-43)59-57(60-56)48-34-35-49(46-24-14-22-44(36-46)40-18-6-2-7-19-40)54(38-48)61-52-28-12-10-26-50(52)51-27-11-13-29-53(51)61/h1-38H. The van der Waals surface area contributed by atoms with E-state index in [2.05, 4.69) is 211 Å². The Hall–Kier alpha value is -8.21. The number of hydrogen-bond acceptors (Lipinski definition) is 3. The fourth-order valence-electron chi connectivity index (χ4n) is 8.45. The molecule has 0 radical (unpaired) electrons. The number of aromatic nitrogens is 4. The van der Waals surface area contributed by atoms with E-state index < -0.39 is 0 Å². The molecule has 11 rings (SSSR count). The van der Waals surface area contributed by atoms with Gasteiger partial charge in [-0.15, -0.1) is 0 Å². The van der Waals surface area contributed by atoms with Gasteiger partial charge in [0.2, 0.25) is 0 Å². The van der Waals surface area contributed by atoms with Crippen LogP contribution in [0.15, 0.2) is 231 Å². The average Bonchev–Trinajstić information content (AvgIpc) is 3.69. The second-order valence-corrected chi connectivity index (χ2v) is 15.2. The number of fused-ring (bicyclic) bond motifs is 3. The molecule has 2 aromatic heterocycles. The maximum absolute atomic E-state index is 5.26. The summed E-state index contributed by atoms with van der Waals surface area (Å²) < 4.78 is 2.39. The van der Waals surface area contributed by atoms with E-state index in [-0.39, 0.29) is 0 Å².